The van der Waals surface area contributed by atoms with Crippen LogP contribution in [0.2, 0.25) is 0 Å². The highest BCUT2D eigenvalue weighted by molar-refractivity contribution is 7.94. The zero-order valence-corrected chi connectivity index (χ0v) is 19.2. The molecule has 0 amide bonds. The molecule has 4 rings (SSSR count). The number of carbonyl (C=O) groups is 2. The van der Waals surface area contributed by atoms with E-state index in [9.17, 15) is 23.3 Å². The second-order valence-corrected chi connectivity index (χ2v) is 10.2. The first-order valence-corrected chi connectivity index (χ1v) is 12.5. The van der Waals surface area contributed by atoms with Crippen molar-refractivity contribution in [3.05, 3.63) is 82.9 Å². The standard InChI is InChI=1S/C24H19N3O4S2/c1-2-15-5-3-6-18-20(14-26-22(15)18)24(29)19(13-25)23(28)16-8-10-17(11-9-16)27-33(30,31)21-7-4-12-32-21/h3-12,14,19,26-27H,2H2,1H3. The number of nitrogens with zero attached hydrogens (tertiary/aromatic N) is 1. The van der Waals surface area contributed by atoms with Crippen LogP contribution in [0.3, 0.4) is 0 Å². The molecule has 2 heterocycles. The van der Waals surface area contributed by atoms with Gasteiger partial charge in [-0.15, -0.1) is 11.3 Å². The molecule has 7 nitrogen and oxygen atoms in total. The molecule has 1 unspecified atom stereocenters. The number of para-hydroxylation sites is 1. The van der Waals surface area contributed by atoms with Gasteiger partial charge in [-0.25, -0.2) is 8.42 Å². The van der Waals surface area contributed by atoms with Gasteiger partial charge in [-0.1, -0.05) is 31.2 Å². The highest BCUT2D eigenvalue weighted by Gasteiger charge is 2.30. The van der Waals surface area contributed by atoms with E-state index in [0.29, 0.717) is 10.9 Å². The molecule has 0 spiro atoms. The van der Waals surface area contributed by atoms with E-state index >= 15 is 0 Å². The molecule has 0 aliphatic rings. The van der Waals surface area contributed by atoms with Crippen molar-refractivity contribution < 1.29 is 18.0 Å². The van der Waals surface area contributed by atoms with E-state index in [0.717, 1.165) is 28.8 Å². The van der Waals surface area contributed by atoms with Gasteiger partial charge in [0.05, 0.1) is 6.07 Å². The number of anilines is 1. The third kappa shape index (κ3) is 4.31. The normalized spacial score (nSPS) is 12.2. The summed E-state index contributed by atoms with van der Waals surface area (Å²) in [6.45, 7) is 2.00. The van der Waals surface area contributed by atoms with Gasteiger partial charge in [-0.3, -0.25) is 14.3 Å². The van der Waals surface area contributed by atoms with Gasteiger partial charge in [0.25, 0.3) is 10.0 Å². The van der Waals surface area contributed by atoms with Crippen LogP contribution < -0.4 is 4.72 Å². The number of ketones is 2. The lowest BCUT2D eigenvalue weighted by Crippen LogP contribution is -2.23. The number of hydrogen-bond acceptors (Lipinski definition) is 6. The molecular weight excluding hydrogens is 458 g/mol. The number of hydrogen-bond donors (Lipinski definition) is 2. The predicted molar refractivity (Wildman–Crippen MR) is 127 cm³/mol. The zero-order chi connectivity index (χ0) is 23.6. The second kappa shape index (κ2) is 9.02. The molecule has 33 heavy (non-hydrogen) atoms. The van der Waals surface area contributed by atoms with Crippen LogP contribution in [-0.4, -0.2) is 25.0 Å². The molecule has 0 saturated carbocycles. The summed E-state index contributed by atoms with van der Waals surface area (Å²) in [7, 11) is -3.72. The summed E-state index contributed by atoms with van der Waals surface area (Å²) in [5, 5.41) is 12.0. The third-order valence-corrected chi connectivity index (χ3v) is 8.06. The van der Waals surface area contributed by atoms with Crippen molar-refractivity contribution in [3.8, 4) is 6.07 Å². The Morgan fingerprint density at radius 3 is 2.48 bits per heavy atom. The molecule has 4 aromatic rings. The first kappa shape index (κ1) is 22.5. The van der Waals surface area contributed by atoms with Gasteiger partial charge in [-0.2, -0.15) is 5.26 Å². The van der Waals surface area contributed by atoms with E-state index in [1.165, 1.54) is 36.5 Å². The number of nitrogens with one attached hydrogen (secondary N) is 2. The first-order chi connectivity index (χ1) is 15.9. The Morgan fingerprint density at radius 2 is 1.85 bits per heavy atom. The summed E-state index contributed by atoms with van der Waals surface area (Å²) >= 11 is 1.09. The topological polar surface area (TPSA) is 120 Å². The molecule has 9 heteroatoms. The maximum absolute atomic E-state index is 13.1. The molecule has 2 N–H and O–H groups in total. The molecule has 0 radical (unpaired) electrons. The van der Waals surface area contributed by atoms with Crippen LogP contribution in [0.4, 0.5) is 5.69 Å². The van der Waals surface area contributed by atoms with Crippen molar-refractivity contribution in [2.24, 2.45) is 5.92 Å². The average molecular weight is 478 g/mol. The minimum absolute atomic E-state index is 0.142. The number of sulfonamides is 1. The largest absolute Gasteiger partial charge is 0.360 e. The van der Waals surface area contributed by atoms with E-state index in [4.69, 9.17) is 0 Å². The summed E-state index contributed by atoms with van der Waals surface area (Å²) in [5.74, 6) is -2.73. The maximum atomic E-state index is 13.1. The Balaban J connectivity index is 1.57. The number of nitriles is 1. The number of benzene rings is 2. The van der Waals surface area contributed by atoms with Gasteiger partial charge in [0.2, 0.25) is 0 Å². The Kier molecular flexibility index (Phi) is 6.14. The number of H-pyrrole nitrogens is 1. The molecule has 0 saturated heterocycles. The fraction of sp³-hybridized carbons (Fsp3) is 0.125. The summed E-state index contributed by atoms with van der Waals surface area (Å²) in [5.41, 5.74) is 2.55. The number of carbonyl (C=O) groups excluding carboxylic acids is 2. The molecule has 0 aliphatic carbocycles. The Bertz CT molecular complexity index is 1480. The summed E-state index contributed by atoms with van der Waals surface area (Å²) in [6, 6.07) is 16.2. The fourth-order valence-electron chi connectivity index (χ4n) is 3.60. The van der Waals surface area contributed by atoms with E-state index in [-0.39, 0.29) is 15.5 Å². The second-order valence-electron chi connectivity index (χ2n) is 7.30. The molecule has 0 bridgehead atoms. The molecule has 2 aromatic heterocycles. The zero-order valence-electron chi connectivity index (χ0n) is 17.5. The van der Waals surface area contributed by atoms with Crippen molar-refractivity contribution in [1.29, 1.82) is 5.26 Å². The van der Waals surface area contributed by atoms with Gasteiger partial charge in [0.15, 0.2) is 17.5 Å². The Hall–Kier alpha value is -3.74. The number of thiophene rings is 1. The van der Waals surface area contributed by atoms with Gasteiger partial charge in [0.1, 0.15) is 4.21 Å². The number of aromatic amines is 1. The van der Waals surface area contributed by atoms with E-state index in [2.05, 4.69) is 9.71 Å². The van der Waals surface area contributed by atoms with Gasteiger partial charge in [0, 0.05) is 33.9 Å². The lowest BCUT2D eigenvalue weighted by molar-refractivity contribution is 0.0847. The lowest BCUT2D eigenvalue weighted by Gasteiger charge is -2.09. The van der Waals surface area contributed by atoms with Crippen molar-refractivity contribution in [3.63, 3.8) is 0 Å². The number of aromatic nitrogens is 1. The minimum Gasteiger partial charge on any atom is -0.360 e. The van der Waals surface area contributed by atoms with Gasteiger partial charge < -0.3 is 4.98 Å². The van der Waals surface area contributed by atoms with Crippen LogP contribution in [0, 0.1) is 17.2 Å². The quantitative estimate of drug-likeness (QED) is 0.279. The molecule has 1 atom stereocenters. The van der Waals surface area contributed by atoms with Crippen LogP contribution in [0.15, 0.2) is 70.4 Å². The Labute approximate surface area is 194 Å². The first-order valence-electron chi connectivity index (χ1n) is 10.1. The van der Waals surface area contributed by atoms with E-state index in [1.54, 1.807) is 17.5 Å². The van der Waals surface area contributed by atoms with Crippen molar-refractivity contribution in [2.45, 2.75) is 17.6 Å². The lowest BCUT2D eigenvalue weighted by atomic mass is 9.90. The number of fused-ring (bicyclic) bond motifs is 1. The number of Topliss-reactive ketones (excluding diaryl/α,β-unsaturated/α-hetero) is 2. The number of aryl methyl sites for hydroxylation is 1. The van der Waals surface area contributed by atoms with Crippen LogP contribution in [-0.2, 0) is 16.4 Å². The Morgan fingerprint density at radius 1 is 1.09 bits per heavy atom. The van der Waals surface area contributed by atoms with E-state index < -0.39 is 27.5 Å². The predicted octanol–water partition coefficient (Wildman–Crippen LogP) is 4.80. The molecule has 2 aromatic carbocycles. The molecular formula is C24H19N3O4S2. The summed E-state index contributed by atoms with van der Waals surface area (Å²) in [6.07, 6.45) is 2.31. The average Bonchev–Trinajstić information content (AvgIpc) is 3.50. The van der Waals surface area contributed by atoms with Gasteiger partial charge in [-0.05, 0) is 47.7 Å². The summed E-state index contributed by atoms with van der Waals surface area (Å²) < 4.78 is 27.3. The molecule has 0 fully saturated rings. The molecule has 0 aliphatic heterocycles. The van der Waals surface area contributed by atoms with Crippen molar-refractivity contribution in [1.82, 2.24) is 4.98 Å². The smallest absolute Gasteiger partial charge is 0.271 e. The third-order valence-electron chi connectivity index (χ3n) is 5.28. The minimum atomic E-state index is -3.72. The van der Waals surface area contributed by atoms with E-state index in [1.807, 2.05) is 25.1 Å². The highest BCUT2D eigenvalue weighted by Crippen LogP contribution is 2.26. The van der Waals surface area contributed by atoms with Crippen molar-refractivity contribution >= 4 is 49.5 Å². The van der Waals surface area contributed by atoms with Crippen LogP contribution in [0.1, 0.15) is 33.2 Å². The van der Waals surface area contributed by atoms with Crippen molar-refractivity contribution in [2.75, 3.05) is 4.72 Å². The van der Waals surface area contributed by atoms with Crippen LogP contribution in [0.5, 0.6) is 0 Å². The SMILES string of the molecule is CCc1cccc2c(C(=O)C(C#N)C(=O)c3ccc(NS(=O)(=O)c4cccs4)cc3)c[nH]c12. The van der Waals surface area contributed by atoms with Gasteiger partial charge >= 0.3 is 0 Å². The fourth-order valence-corrected chi connectivity index (χ4v) is 5.65. The molecule has 166 valence electrons. The van der Waals surface area contributed by atoms with Crippen LogP contribution >= 0.6 is 11.3 Å². The monoisotopic (exact) mass is 477 g/mol. The summed E-state index contributed by atoms with van der Waals surface area (Å²) in [4.78, 5) is 29.1. The van der Waals surface area contributed by atoms with Crippen LogP contribution in [0.25, 0.3) is 10.9 Å². The maximum Gasteiger partial charge on any atom is 0.271 e. The highest BCUT2D eigenvalue weighted by atomic mass is 32.2. The number of rotatable bonds is 8.